The zero-order valence-electron chi connectivity index (χ0n) is 20.4. The van der Waals surface area contributed by atoms with Gasteiger partial charge in [-0.15, -0.1) is 0 Å². The second-order valence-corrected chi connectivity index (χ2v) is 8.16. The lowest BCUT2D eigenvalue weighted by Crippen LogP contribution is -2.50. The molecule has 0 aliphatic heterocycles. The van der Waals surface area contributed by atoms with Crippen molar-refractivity contribution in [1.29, 1.82) is 10.8 Å². The Kier molecular flexibility index (Phi) is 17.7. The van der Waals surface area contributed by atoms with E-state index >= 15 is 0 Å². The number of aliphatic imine (C=N–C) groups is 2. The molecule has 0 radical (unpaired) electrons. The normalized spacial score (nSPS) is 11.2. The highest BCUT2D eigenvalue weighted by molar-refractivity contribution is 5.95. The topological polar surface area (TPSA) is 183 Å². The fourth-order valence-electron chi connectivity index (χ4n) is 3.39. The summed E-state index contributed by atoms with van der Waals surface area (Å²) < 4.78 is 0. The molecule has 32 heavy (non-hydrogen) atoms. The Hall–Kier alpha value is -2.52. The molecule has 0 heterocycles. The van der Waals surface area contributed by atoms with E-state index in [1.807, 2.05) is 0 Å². The molecule has 0 aliphatic carbocycles. The highest BCUT2D eigenvalue weighted by Gasteiger charge is 2.18. The molecule has 10 N–H and O–H groups in total. The molecule has 0 saturated heterocycles. The lowest BCUT2D eigenvalue weighted by Gasteiger charge is -2.32. The van der Waals surface area contributed by atoms with E-state index < -0.39 is 0 Å². The van der Waals surface area contributed by atoms with Gasteiger partial charge in [0.1, 0.15) is 0 Å². The zero-order valence-corrected chi connectivity index (χ0v) is 20.4. The predicted octanol–water partition coefficient (Wildman–Crippen LogP) is 2.73. The Morgan fingerprint density at radius 2 is 1.19 bits per heavy atom. The average molecular weight is 453 g/mol. The van der Waals surface area contributed by atoms with Crippen LogP contribution in [0.4, 0.5) is 0 Å². The van der Waals surface area contributed by atoms with Crippen LogP contribution in [0, 0.1) is 10.8 Å². The number of rotatable bonds is 17. The van der Waals surface area contributed by atoms with Crippen molar-refractivity contribution in [2.24, 2.45) is 32.9 Å². The van der Waals surface area contributed by atoms with E-state index in [9.17, 15) is 0 Å². The van der Waals surface area contributed by atoms with Gasteiger partial charge in [-0.3, -0.25) is 20.7 Å². The van der Waals surface area contributed by atoms with Crippen molar-refractivity contribution in [3.05, 3.63) is 0 Å². The quantitative estimate of drug-likeness (QED) is 0.112. The van der Waals surface area contributed by atoms with Crippen LogP contribution in [0.15, 0.2) is 9.98 Å². The second kappa shape index (κ2) is 19.2. The molecule has 0 unspecified atom stereocenters. The van der Waals surface area contributed by atoms with E-state index in [1.165, 1.54) is 19.3 Å². The lowest BCUT2D eigenvalue weighted by atomic mass is 10.1. The summed E-state index contributed by atoms with van der Waals surface area (Å²) in [6, 6.07) is 0. The highest BCUT2D eigenvalue weighted by Crippen LogP contribution is 2.10. The molecule has 0 fully saturated rings. The van der Waals surface area contributed by atoms with Gasteiger partial charge in [-0.1, -0.05) is 65.2 Å². The van der Waals surface area contributed by atoms with E-state index in [2.05, 4.69) is 28.7 Å². The van der Waals surface area contributed by atoms with Gasteiger partial charge in [0.05, 0.1) is 0 Å². The molecule has 0 aliphatic rings. The monoisotopic (exact) mass is 452 g/mol. The van der Waals surface area contributed by atoms with Gasteiger partial charge in [0.2, 0.25) is 11.9 Å². The Labute approximate surface area is 194 Å². The fraction of sp³-hybridized carbons (Fsp3) is 0.818. The molecule has 0 saturated carbocycles. The summed E-state index contributed by atoms with van der Waals surface area (Å²) in [5, 5.41) is 16.7. The lowest BCUT2D eigenvalue weighted by molar-refractivity contribution is 0.341. The molecule has 10 heteroatoms. The van der Waals surface area contributed by atoms with Gasteiger partial charge in [-0.2, -0.15) is 4.99 Å². The van der Waals surface area contributed by atoms with Crippen molar-refractivity contribution in [2.75, 3.05) is 26.2 Å². The Balaban J connectivity index is 4.62. The summed E-state index contributed by atoms with van der Waals surface area (Å²) in [6.45, 7) is 7.22. The molecule has 0 amide bonds. The van der Waals surface area contributed by atoms with Crippen molar-refractivity contribution >= 4 is 23.8 Å². The van der Waals surface area contributed by atoms with Crippen LogP contribution in [0.3, 0.4) is 0 Å². The first-order valence-electron chi connectivity index (χ1n) is 12.2. The fourth-order valence-corrected chi connectivity index (χ4v) is 3.39. The number of guanidine groups is 4. The number of nitrogens with two attached hydrogens (primary N) is 4. The van der Waals surface area contributed by atoms with Gasteiger partial charge < -0.3 is 27.8 Å². The van der Waals surface area contributed by atoms with E-state index in [0.717, 1.165) is 70.9 Å². The molecule has 186 valence electrons. The maximum Gasteiger partial charge on any atom is 0.218 e. The van der Waals surface area contributed by atoms with E-state index in [-0.39, 0.29) is 17.9 Å². The maximum atomic E-state index is 8.71. The molecular formula is C22H48N10. The third-order valence-electron chi connectivity index (χ3n) is 5.22. The molecule has 0 bridgehead atoms. The van der Waals surface area contributed by atoms with Crippen LogP contribution in [0.2, 0.25) is 0 Å². The first-order chi connectivity index (χ1) is 15.3. The van der Waals surface area contributed by atoms with Crippen molar-refractivity contribution in [2.45, 2.75) is 90.9 Å². The summed E-state index contributed by atoms with van der Waals surface area (Å²) >= 11 is 0. The van der Waals surface area contributed by atoms with Crippen LogP contribution in [0.25, 0.3) is 0 Å². The van der Waals surface area contributed by atoms with Gasteiger partial charge in [-0.25, -0.2) is 0 Å². The van der Waals surface area contributed by atoms with Crippen LogP contribution >= 0.6 is 0 Å². The summed E-state index contributed by atoms with van der Waals surface area (Å²) in [5.41, 5.74) is 22.0. The SMILES string of the molecule is CCCCCCN(CCCCCCN=C(N)N=C(N)N)C(=N)N(CCCCCC)C(=N)N. The first-order valence-corrected chi connectivity index (χ1v) is 12.2. The molecule has 0 aromatic carbocycles. The Morgan fingerprint density at radius 1 is 0.688 bits per heavy atom. The minimum atomic E-state index is -0.0855. The third-order valence-corrected chi connectivity index (χ3v) is 5.22. The summed E-state index contributed by atoms with van der Waals surface area (Å²) in [6.07, 6.45) is 12.9. The maximum absolute atomic E-state index is 8.71. The second-order valence-electron chi connectivity index (χ2n) is 8.16. The molecule has 0 aromatic heterocycles. The molecule has 0 spiro atoms. The number of nitrogens with zero attached hydrogens (tertiary/aromatic N) is 4. The highest BCUT2D eigenvalue weighted by atomic mass is 15.4. The smallest absolute Gasteiger partial charge is 0.218 e. The molecule has 0 atom stereocenters. The van der Waals surface area contributed by atoms with E-state index in [1.54, 1.807) is 4.90 Å². The summed E-state index contributed by atoms with van der Waals surface area (Å²) in [5.74, 6) is 0.346. The number of nitrogens with one attached hydrogen (secondary N) is 2. The molecule has 10 nitrogen and oxygen atoms in total. The van der Waals surface area contributed by atoms with E-state index in [4.69, 9.17) is 33.8 Å². The summed E-state index contributed by atoms with van der Waals surface area (Å²) in [7, 11) is 0. The molecule has 0 aromatic rings. The standard InChI is InChI=1S/C22H48N10/c1-3-5-7-12-16-31(22(28)32(20(25)26)18-14-8-6-4-2)17-13-10-9-11-15-29-21(27)30-19(23)24/h28H,3-18H2,1-2H3,(H3,25,26)(H6,23,24,27,29,30). The van der Waals surface area contributed by atoms with Crippen LogP contribution in [0.1, 0.15) is 90.9 Å². The minimum Gasteiger partial charge on any atom is -0.370 e. The van der Waals surface area contributed by atoms with Crippen molar-refractivity contribution in [3.63, 3.8) is 0 Å². The van der Waals surface area contributed by atoms with Crippen LogP contribution in [-0.2, 0) is 0 Å². The third kappa shape index (κ3) is 15.3. The first kappa shape index (κ1) is 29.5. The van der Waals surface area contributed by atoms with E-state index in [0.29, 0.717) is 19.0 Å². The van der Waals surface area contributed by atoms with Crippen molar-refractivity contribution in [1.82, 2.24) is 9.80 Å². The van der Waals surface area contributed by atoms with Crippen LogP contribution < -0.4 is 22.9 Å². The van der Waals surface area contributed by atoms with Crippen molar-refractivity contribution < 1.29 is 0 Å². The van der Waals surface area contributed by atoms with Gasteiger partial charge in [0.15, 0.2) is 11.9 Å². The largest absolute Gasteiger partial charge is 0.370 e. The number of hydrogen-bond acceptors (Lipinski definition) is 3. The molecular weight excluding hydrogens is 404 g/mol. The minimum absolute atomic E-state index is 0.0405. The molecule has 0 rings (SSSR count). The Bertz CT molecular complexity index is 569. The van der Waals surface area contributed by atoms with Gasteiger partial charge in [-0.05, 0) is 25.7 Å². The van der Waals surface area contributed by atoms with Gasteiger partial charge in [0.25, 0.3) is 0 Å². The zero-order chi connectivity index (χ0) is 24.2. The van der Waals surface area contributed by atoms with Gasteiger partial charge in [0, 0.05) is 26.2 Å². The summed E-state index contributed by atoms with van der Waals surface area (Å²) in [4.78, 5) is 11.6. The van der Waals surface area contributed by atoms with Gasteiger partial charge >= 0.3 is 0 Å². The van der Waals surface area contributed by atoms with Crippen LogP contribution in [-0.4, -0.2) is 59.8 Å². The van der Waals surface area contributed by atoms with Crippen molar-refractivity contribution in [3.8, 4) is 0 Å². The number of hydrogen-bond donors (Lipinski definition) is 6. The Morgan fingerprint density at radius 3 is 1.69 bits per heavy atom. The number of unbranched alkanes of at least 4 members (excludes halogenated alkanes) is 9. The average Bonchev–Trinajstić information content (AvgIpc) is 2.73. The predicted molar refractivity (Wildman–Crippen MR) is 137 cm³/mol. The van der Waals surface area contributed by atoms with Crippen LogP contribution in [0.5, 0.6) is 0 Å².